The fraction of sp³-hybridized carbons (Fsp3) is 0.300. The Balaban J connectivity index is 0.000000283. The normalized spacial score (nSPS) is 9.29. The molecule has 0 unspecified atom stereocenters. The first-order chi connectivity index (χ1) is 13.5. The summed E-state index contributed by atoms with van der Waals surface area (Å²) >= 11 is 0. The smallest absolute Gasteiger partial charge is 0.290 e. The van der Waals surface area contributed by atoms with Gasteiger partial charge in [-0.05, 0) is 31.0 Å². The van der Waals surface area contributed by atoms with Crippen LogP contribution in [0.25, 0.3) is 0 Å². The number of ether oxygens (including phenoxy) is 2. The summed E-state index contributed by atoms with van der Waals surface area (Å²) in [6, 6.07) is 13.4. The van der Waals surface area contributed by atoms with E-state index in [0.29, 0.717) is 30.2 Å². The fourth-order valence-corrected chi connectivity index (χ4v) is 2.12. The van der Waals surface area contributed by atoms with Crippen molar-refractivity contribution in [2.45, 2.75) is 26.7 Å². The minimum Gasteiger partial charge on any atom is -0.492 e. The van der Waals surface area contributed by atoms with E-state index in [0.717, 1.165) is 12.8 Å². The zero-order chi connectivity index (χ0) is 20.9. The molecule has 0 fully saturated rings. The Bertz CT molecular complexity index is 885. The zero-order valence-electron chi connectivity index (χ0n) is 15.8. The summed E-state index contributed by atoms with van der Waals surface area (Å²) in [7, 11) is 0. The van der Waals surface area contributed by atoms with Crippen molar-refractivity contribution < 1.29 is 14.4 Å². The van der Waals surface area contributed by atoms with Gasteiger partial charge in [-0.3, -0.25) is 10.1 Å². The average Bonchev–Trinajstić information content (AvgIpc) is 2.70. The van der Waals surface area contributed by atoms with Gasteiger partial charge in [0.25, 0.3) is 5.69 Å². The van der Waals surface area contributed by atoms with E-state index in [1.54, 1.807) is 30.3 Å². The van der Waals surface area contributed by atoms with Crippen molar-refractivity contribution >= 4 is 11.4 Å². The number of hydrogen-bond donors (Lipinski definition) is 1. The highest BCUT2D eigenvalue weighted by Gasteiger charge is 2.17. The molecule has 0 atom stereocenters. The van der Waals surface area contributed by atoms with Crippen molar-refractivity contribution in [3.05, 3.63) is 57.6 Å². The van der Waals surface area contributed by atoms with Crippen LogP contribution in [0.5, 0.6) is 11.5 Å². The number of nitrogen functional groups attached to an aromatic ring is 1. The summed E-state index contributed by atoms with van der Waals surface area (Å²) < 4.78 is 10.6. The van der Waals surface area contributed by atoms with Gasteiger partial charge in [-0.15, -0.1) is 0 Å². The molecule has 2 rings (SSSR count). The molecule has 0 aliphatic heterocycles. The van der Waals surface area contributed by atoms with Crippen molar-refractivity contribution in [3.63, 3.8) is 0 Å². The number of benzene rings is 2. The first kappa shape index (κ1) is 22.3. The van der Waals surface area contributed by atoms with E-state index < -0.39 is 4.92 Å². The summed E-state index contributed by atoms with van der Waals surface area (Å²) in [5.41, 5.74) is 6.26. The summed E-state index contributed by atoms with van der Waals surface area (Å²) in [6.07, 6.45) is 1.70. The molecule has 0 saturated heterocycles. The van der Waals surface area contributed by atoms with Gasteiger partial charge in [0, 0.05) is 6.07 Å². The SMILES string of the molecule is CCCOc1cccc(N)c1C#N.CCCOc1cccc([N+](=O)[O-])c1C#N. The minimum atomic E-state index is -0.586. The topological polar surface area (TPSA) is 135 Å². The van der Waals surface area contributed by atoms with Crippen molar-refractivity contribution in [2.75, 3.05) is 18.9 Å². The van der Waals surface area contributed by atoms with E-state index in [2.05, 4.69) is 0 Å². The molecule has 0 bridgehead atoms. The number of rotatable bonds is 7. The van der Waals surface area contributed by atoms with Crippen LogP contribution in [0.2, 0.25) is 0 Å². The van der Waals surface area contributed by atoms with Gasteiger partial charge < -0.3 is 15.2 Å². The third kappa shape index (κ3) is 6.19. The molecule has 8 nitrogen and oxygen atoms in total. The second kappa shape index (κ2) is 11.8. The molecule has 0 aromatic heterocycles. The lowest BCUT2D eigenvalue weighted by Crippen LogP contribution is -2.00. The Kier molecular flexibility index (Phi) is 9.35. The van der Waals surface area contributed by atoms with Crippen molar-refractivity contribution in [1.82, 2.24) is 0 Å². The third-order valence-electron chi connectivity index (χ3n) is 3.41. The number of nitro benzene ring substituents is 1. The molecule has 0 heterocycles. The van der Waals surface area contributed by atoms with Crippen molar-refractivity contribution in [3.8, 4) is 23.6 Å². The van der Waals surface area contributed by atoms with Crippen molar-refractivity contribution in [2.24, 2.45) is 0 Å². The Labute approximate surface area is 163 Å². The maximum absolute atomic E-state index is 10.6. The Morgan fingerprint density at radius 2 is 1.46 bits per heavy atom. The van der Waals surface area contributed by atoms with Crippen LogP contribution >= 0.6 is 0 Å². The van der Waals surface area contributed by atoms with Gasteiger partial charge in [0.2, 0.25) is 0 Å². The number of nitriles is 2. The predicted molar refractivity (Wildman–Crippen MR) is 105 cm³/mol. The van der Waals surface area contributed by atoms with E-state index in [9.17, 15) is 10.1 Å². The summed E-state index contributed by atoms with van der Waals surface area (Å²) in [4.78, 5) is 10.0. The lowest BCUT2D eigenvalue weighted by molar-refractivity contribution is -0.385. The van der Waals surface area contributed by atoms with Crippen molar-refractivity contribution in [1.29, 1.82) is 10.5 Å². The van der Waals surface area contributed by atoms with Crippen LogP contribution in [0.1, 0.15) is 37.8 Å². The van der Waals surface area contributed by atoms with Gasteiger partial charge in [-0.25, -0.2) is 0 Å². The maximum Gasteiger partial charge on any atom is 0.290 e. The van der Waals surface area contributed by atoms with Crippen LogP contribution in [0.4, 0.5) is 11.4 Å². The summed E-state index contributed by atoms with van der Waals surface area (Å²) in [5, 5.41) is 28.2. The molecule has 2 N–H and O–H groups in total. The van der Waals surface area contributed by atoms with Crippen LogP contribution in [-0.2, 0) is 0 Å². The van der Waals surface area contributed by atoms with E-state index in [1.165, 1.54) is 12.1 Å². The first-order valence-corrected chi connectivity index (χ1v) is 8.71. The quantitative estimate of drug-likeness (QED) is 0.431. The Morgan fingerprint density at radius 1 is 0.964 bits per heavy atom. The van der Waals surface area contributed by atoms with Crippen LogP contribution in [-0.4, -0.2) is 18.1 Å². The average molecular weight is 382 g/mol. The molecule has 0 spiro atoms. The highest BCUT2D eigenvalue weighted by molar-refractivity contribution is 5.60. The van der Waals surface area contributed by atoms with Gasteiger partial charge in [0.15, 0.2) is 5.56 Å². The predicted octanol–water partition coefficient (Wildman–Crippen LogP) is 4.18. The second-order valence-corrected chi connectivity index (χ2v) is 5.55. The zero-order valence-corrected chi connectivity index (χ0v) is 15.8. The van der Waals surface area contributed by atoms with Gasteiger partial charge in [0.05, 0.1) is 23.8 Å². The summed E-state index contributed by atoms with van der Waals surface area (Å²) in [6.45, 7) is 4.98. The van der Waals surface area contributed by atoms with Gasteiger partial charge in [0.1, 0.15) is 29.2 Å². The van der Waals surface area contributed by atoms with Crippen LogP contribution in [0.15, 0.2) is 36.4 Å². The fourth-order valence-electron chi connectivity index (χ4n) is 2.12. The highest BCUT2D eigenvalue weighted by Crippen LogP contribution is 2.27. The lowest BCUT2D eigenvalue weighted by Gasteiger charge is -2.07. The molecular weight excluding hydrogens is 360 g/mol. The molecular formula is C20H22N4O4. The highest BCUT2D eigenvalue weighted by atomic mass is 16.6. The number of nitrogens with zero attached hydrogens (tertiary/aromatic N) is 3. The molecule has 0 radical (unpaired) electrons. The Morgan fingerprint density at radius 3 is 1.93 bits per heavy atom. The van der Waals surface area contributed by atoms with Gasteiger partial charge in [-0.2, -0.15) is 10.5 Å². The monoisotopic (exact) mass is 382 g/mol. The van der Waals surface area contributed by atoms with Gasteiger partial charge in [-0.1, -0.05) is 26.0 Å². The van der Waals surface area contributed by atoms with Crippen LogP contribution < -0.4 is 15.2 Å². The Hall–Kier alpha value is -3.78. The number of hydrogen-bond acceptors (Lipinski definition) is 7. The molecule has 0 saturated carbocycles. The maximum atomic E-state index is 10.6. The molecule has 146 valence electrons. The van der Waals surface area contributed by atoms with E-state index in [-0.39, 0.29) is 17.0 Å². The number of anilines is 1. The molecule has 28 heavy (non-hydrogen) atoms. The third-order valence-corrected chi connectivity index (χ3v) is 3.41. The number of nitro groups is 1. The standard InChI is InChI=1S/C10H10N2O3.C10H12N2O/c1-2-6-15-10-5-3-4-9(12(13)14)8(10)7-11;1-2-6-13-10-5-3-4-9(12)8(10)7-11/h3-5H,2,6H2,1H3;3-5H,2,6,12H2,1H3. The van der Waals surface area contributed by atoms with E-state index >= 15 is 0 Å². The molecule has 0 aliphatic carbocycles. The molecule has 8 heteroatoms. The van der Waals surface area contributed by atoms with Crippen LogP contribution in [0, 0.1) is 32.8 Å². The largest absolute Gasteiger partial charge is 0.492 e. The van der Waals surface area contributed by atoms with E-state index in [4.69, 9.17) is 25.7 Å². The molecule has 2 aromatic rings. The molecule has 0 aliphatic rings. The second-order valence-electron chi connectivity index (χ2n) is 5.55. The summed E-state index contributed by atoms with van der Waals surface area (Å²) in [5.74, 6) is 0.845. The van der Waals surface area contributed by atoms with E-state index in [1.807, 2.05) is 19.9 Å². The first-order valence-electron chi connectivity index (χ1n) is 8.71. The number of nitrogens with two attached hydrogens (primary N) is 1. The molecule has 2 aromatic carbocycles. The minimum absolute atomic E-state index is 0.0176. The lowest BCUT2D eigenvalue weighted by atomic mass is 10.2. The molecule has 0 amide bonds. The van der Waals surface area contributed by atoms with Crippen LogP contribution in [0.3, 0.4) is 0 Å². The van der Waals surface area contributed by atoms with Gasteiger partial charge >= 0.3 is 0 Å².